The zero-order valence-corrected chi connectivity index (χ0v) is 12.3. The van der Waals surface area contributed by atoms with Gasteiger partial charge < -0.3 is 4.98 Å². The lowest BCUT2D eigenvalue weighted by Gasteiger charge is -2.08. The standard InChI is InChI=1S/C13H8ClF2N3O2S/c14-12-4-2-8-11(6-17-13(8)18-12)22(20,21)19-10-5-7(15)1-3-9(10)16/h1-6,19H,(H,17,18). The number of pyridine rings is 1. The van der Waals surface area contributed by atoms with Crippen LogP contribution in [-0.2, 0) is 10.0 Å². The molecule has 3 aromatic rings. The average molecular weight is 344 g/mol. The number of anilines is 1. The molecule has 5 nitrogen and oxygen atoms in total. The van der Waals surface area contributed by atoms with E-state index in [-0.39, 0.29) is 21.1 Å². The number of aromatic nitrogens is 2. The first kappa shape index (κ1) is 14.7. The van der Waals surface area contributed by atoms with Crippen molar-refractivity contribution in [2.24, 2.45) is 0 Å². The number of hydrogen-bond donors (Lipinski definition) is 2. The maximum Gasteiger partial charge on any atom is 0.264 e. The zero-order valence-electron chi connectivity index (χ0n) is 10.8. The Hall–Kier alpha value is -2.19. The third-order valence-corrected chi connectivity index (χ3v) is 4.54. The van der Waals surface area contributed by atoms with Crippen molar-refractivity contribution < 1.29 is 17.2 Å². The molecule has 0 unspecified atom stereocenters. The molecule has 0 atom stereocenters. The largest absolute Gasteiger partial charge is 0.345 e. The van der Waals surface area contributed by atoms with Crippen LogP contribution in [-0.4, -0.2) is 18.4 Å². The van der Waals surface area contributed by atoms with E-state index in [4.69, 9.17) is 11.6 Å². The van der Waals surface area contributed by atoms with Gasteiger partial charge in [-0.3, -0.25) is 4.72 Å². The van der Waals surface area contributed by atoms with Gasteiger partial charge in [0.2, 0.25) is 0 Å². The van der Waals surface area contributed by atoms with Gasteiger partial charge in [0, 0.05) is 17.6 Å². The van der Waals surface area contributed by atoms with Gasteiger partial charge in [-0.25, -0.2) is 22.2 Å². The Morgan fingerprint density at radius 2 is 1.95 bits per heavy atom. The summed E-state index contributed by atoms with van der Waals surface area (Å²) in [5.41, 5.74) is -0.205. The van der Waals surface area contributed by atoms with E-state index in [2.05, 4.69) is 9.97 Å². The van der Waals surface area contributed by atoms with Crippen LogP contribution in [0.3, 0.4) is 0 Å². The van der Waals surface area contributed by atoms with E-state index in [1.54, 1.807) is 0 Å². The minimum Gasteiger partial charge on any atom is -0.345 e. The van der Waals surface area contributed by atoms with Crippen molar-refractivity contribution >= 4 is 38.3 Å². The number of hydrogen-bond acceptors (Lipinski definition) is 3. The molecular weight excluding hydrogens is 336 g/mol. The number of fused-ring (bicyclic) bond motifs is 1. The van der Waals surface area contributed by atoms with Gasteiger partial charge in [0.15, 0.2) is 0 Å². The van der Waals surface area contributed by atoms with Gasteiger partial charge in [-0.1, -0.05) is 11.6 Å². The van der Waals surface area contributed by atoms with Gasteiger partial charge in [0.05, 0.1) is 5.69 Å². The van der Waals surface area contributed by atoms with E-state index >= 15 is 0 Å². The summed E-state index contributed by atoms with van der Waals surface area (Å²) in [5.74, 6) is -1.64. The topological polar surface area (TPSA) is 74.8 Å². The smallest absolute Gasteiger partial charge is 0.264 e. The highest BCUT2D eigenvalue weighted by atomic mass is 35.5. The number of rotatable bonds is 3. The van der Waals surface area contributed by atoms with Crippen molar-refractivity contribution in [2.75, 3.05) is 4.72 Å². The van der Waals surface area contributed by atoms with E-state index in [0.717, 1.165) is 18.2 Å². The van der Waals surface area contributed by atoms with E-state index in [0.29, 0.717) is 0 Å². The van der Waals surface area contributed by atoms with Crippen LogP contribution in [0.2, 0.25) is 5.15 Å². The lowest BCUT2D eigenvalue weighted by molar-refractivity contribution is 0.595. The number of aromatic amines is 1. The molecule has 0 saturated carbocycles. The van der Waals surface area contributed by atoms with Crippen LogP contribution in [0.1, 0.15) is 0 Å². The molecule has 0 bridgehead atoms. The Balaban J connectivity index is 2.07. The molecule has 9 heteroatoms. The van der Waals surface area contributed by atoms with Crippen LogP contribution >= 0.6 is 11.6 Å². The Kier molecular flexibility index (Phi) is 3.50. The molecule has 0 fully saturated rings. The lowest BCUT2D eigenvalue weighted by atomic mass is 10.3. The van der Waals surface area contributed by atoms with E-state index in [1.807, 2.05) is 4.72 Å². The number of H-pyrrole nitrogens is 1. The van der Waals surface area contributed by atoms with Crippen LogP contribution in [0.4, 0.5) is 14.5 Å². The number of sulfonamides is 1. The van der Waals surface area contributed by atoms with E-state index in [1.165, 1.54) is 18.3 Å². The predicted octanol–water partition coefficient (Wildman–Crippen LogP) is 3.30. The molecule has 0 radical (unpaired) electrons. The quantitative estimate of drug-likeness (QED) is 0.716. The normalized spacial score (nSPS) is 11.8. The summed E-state index contributed by atoms with van der Waals surface area (Å²) >= 11 is 5.72. The molecule has 0 aliphatic rings. The number of halogens is 3. The van der Waals surface area contributed by atoms with Gasteiger partial charge >= 0.3 is 0 Å². The molecule has 0 amide bonds. The molecule has 0 aliphatic heterocycles. The summed E-state index contributed by atoms with van der Waals surface area (Å²) in [5, 5.41) is 0.483. The van der Waals surface area contributed by atoms with Crippen molar-refractivity contribution in [1.29, 1.82) is 0 Å². The SMILES string of the molecule is O=S(=O)(Nc1cc(F)ccc1F)c1c[nH]c2nc(Cl)ccc12. The summed E-state index contributed by atoms with van der Waals surface area (Å²) in [4.78, 5) is 6.45. The van der Waals surface area contributed by atoms with Gasteiger partial charge in [0.25, 0.3) is 10.0 Å². The monoisotopic (exact) mass is 343 g/mol. The minimum atomic E-state index is -4.12. The molecule has 2 N–H and O–H groups in total. The summed E-state index contributed by atoms with van der Waals surface area (Å²) in [6.45, 7) is 0. The lowest BCUT2D eigenvalue weighted by Crippen LogP contribution is -2.13. The molecule has 114 valence electrons. The first-order valence-corrected chi connectivity index (χ1v) is 7.84. The van der Waals surface area contributed by atoms with Crippen LogP contribution < -0.4 is 4.72 Å². The van der Waals surface area contributed by atoms with Gasteiger partial charge in [-0.15, -0.1) is 0 Å². The summed E-state index contributed by atoms with van der Waals surface area (Å²) in [7, 11) is -4.12. The molecule has 3 rings (SSSR count). The summed E-state index contributed by atoms with van der Waals surface area (Å²) < 4.78 is 53.4. The first-order valence-electron chi connectivity index (χ1n) is 5.98. The molecule has 2 aromatic heterocycles. The summed E-state index contributed by atoms with van der Waals surface area (Å²) in [6, 6.07) is 5.39. The molecule has 22 heavy (non-hydrogen) atoms. The fourth-order valence-corrected chi connectivity index (χ4v) is 3.33. The fourth-order valence-electron chi connectivity index (χ4n) is 1.95. The van der Waals surface area contributed by atoms with Crippen LogP contribution in [0.5, 0.6) is 0 Å². The predicted molar refractivity (Wildman–Crippen MR) is 78.3 cm³/mol. The van der Waals surface area contributed by atoms with Crippen molar-refractivity contribution in [3.63, 3.8) is 0 Å². The fraction of sp³-hybridized carbons (Fsp3) is 0. The van der Waals surface area contributed by atoms with Crippen LogP contribution in [0.15, 0.2) is 41.4 Å². The molecule has 2 heterocycles. The second-order valence-electron chi connectivity index (χ2n) is 4.41. The highest BCUT2D eigenvalue weighted by molar-refractivity contribution is 7.93. The van der Waals surface area contributed by atoms with Crippen molar-refractivity contribution in [1.82, 2.24) is 9.97 Å². The third kappa shape index (κ3) is 2.62. The Labute approximate surface area is 129 Å². The van der Waals surface area contributed by atoms with Gasteiger partial charge in [-0.2, -0.15) is 0 Å². The Morgan fingerprint density at radius 3 is 2.73 bits per heavy atom. The number of nitrogens with one attached hydrogen (secondary N) is 2. The highest BCUT2D eigenvalue weighted by Gasteiger charge is 2.21. The molecular formula is C13H8ClF2N3O2S. The Bertz CT molecular complexity index is 973. The first-order chi connectivity index (χ1) is 10.4. The Morgan fingerprint density at radius 1 is 1.18 bits per heavy atom. The van der Waals surface area contributed by atoms with Crippen LogP contribution in [0.25, 0.3) is 11.0 Å². The average Bonchev–Trinajstić information content (AvgIpc) is 2.86. The van der Waals surface area contributed by atoms with Crippen molar-refractivity contribution in [3.8, 4) is 0 Å². The number of benzene rings is 1. The second kappa shape index (κ2) is 5.22. The maximum atomic E-state index is 13.6. The van der Waals surface area contributed by atoms with Gasteiger partial charge in [0.1, 0.15) is 27.3 Å². The van der Waals surface area contributed by atoms with Crippen molar-refractivity contribution in [2.45, 2.75) is 4.90 Å². The van der Waals surface area contributed by atoms with Gasteiger partial charge in [-0.05, 0) is 24.3 Å². The third-order valence-electron chi connectivity index (χ3n) is 2.93. The summed E-state index contributed by atoms with van der Waals surface area (Å²) in [6.07, 6.45) is 1.20. The van der Waals surface area contributed by atoms with E-state index < -0.39 is 27.3 Å². The molecule has 0 aliphatic carbocycles. The zero-order chi connectivity index (χ0) is 15.9. The molecule has 1 aromatic carbocycles. The minimum absolute atomic E-state index is 0.143. The molecule has 0 spiro atoms. The highest BCUT2D eigenvalue weighted by Crippen LogP contribution is 2.26. The molecule has 0 saturated heterocycles. The van der Waals surface area contributed by atoms with Crippen molar-refractivity contribution in [3.05, 3.63) is 53.3 Å². The number of nitrogens with zero attached hydrogens (tertiary/aromatic N) is 1. The van der Waals surface area contributed by atoms with Crippen LogP contribution in [0, 0.1) is 11.6 Å². The maximum absolute atomic E-state index is 13.6. The van der Waals surface area contributed by atoms with E-state index in [9.17, 15) is 17.2 Å². The second-order valence-corrected chi connectivity index (χ2v) is 6.45.